The quantitative estimate of drug-likeness (QED) is 0.919. The van der Waals surface area contributed by atoms with Gasteiger partial charge in [0.2, 0.25) is 0 Å². The zero-order chi connectivity index (χ0) is 12.5. The maximum absolute atomic E-state index is 13.2. The van der Waals surface area contributed by atoms with E-state index < -0.39 is 0 Å². The Morgan fingerprint density at radius 3 is 3.00 bits per heavy atom. The van der Waals surface area contributed by atoms with Crippen LogP contribution in [0.4, 0.5) is 4.39 Å². The number of benzene rings is 1. The minimum absolute atomic E-state index is 0.246. The zero-order valence-electron chi connectivity index (χ0n) is 9.62. The summed E-state index contributed by atoms with van der Waals surface area (Å²) in [5, 5.41) is 6.54. The van der Waals surface area contributed by atoms with Gasteiger partial charge in [0.05, 0.1) is 10.2 Å². The highest BCUT2D eigenvalue weighted by Crippen LogP contribution is 2.27. The number of hydrogen-bond acceptors (Lipinski definition) is 3. The second kappa shape index (κ2) is 5.07. The highest BCUT2D eigenvalue weighted by molar-refractivity contribution is 9.10. The number of aromatic nitrogens is 1. The van der Waals surface area contributed by atoms with Gasteiger partial charge in [0.25, 0.3) is 0 Å². The second-order valence-electron chi connectivity index (χ2n) is 4.41. The molecule has 1 aromatic heterocycles. The van der Waals surface area contributed by atoms with E-state index in [0.29, 0.717) is 10.5 Å². The topological polar surface area (TPSA) is 24.9 Å². The number of thiazole rings is 1. The Morgan fingerprint density at radius 2 is 2.28 bits per heavy atom. The van der Waals surface area contributed by atoms with Crippen molar-refractivity contribution in [3.8, 4) is 11.3 Å². The lowest BCUT2D eigenvalue weighted by molar-refractivity contribution is 0.621. The lowest BCUT2D eigenvalue weighted by atomic mass is 10.2. The van der Waals surface area contributed by atoms with Crippen LogP contribution in [0.5, 0.6) is 0 Å². The number of nitrogens with zero attached hydrogens (tertiary/aromatic N) is 1. The third kappa shape index (κ3) is 2.79. The Morgan fingerprint density at radius 1 is 1.44 bits per heavy atom. The fourth-order valence-electron chi connectivity index (χ4n) is 1.70. The van der Waals surface area contributed by atoms with Crippen molar-refractivity contribution < 1.29 is 4.39 Å². The van der Waals surface area contributed by atoms with Crippen molar-refractivity contribution in [1.82, 2.24) is 10.3 Å². The summed E-state index contributed by atoms with van der Waals surface area (Å²) in [5.74, 6) is -0.246. The molecule has 94 valence electrons. The molecule has 0 amide bonds. The lowest BCUT2D eigenvalue weighted by Gasteiger charge is -1.99. The molecule has 1 saturated carbocycles. The van der Waals surface area contributed by atoms with E-state index >= 15 is 0 Å². The molecule has 1 aromatic carbocycles. The average molecular weight is 327 g/mol. The summed E-state index contributed by atoms with van der Waals surface area (Å²) in [7, 11) is 0. The second-order valence-corrected chi connectivity index (χ2v) is 6.21. The van der Waals surface area contributed by atoms with Crippen molar-refractivity contribution in [2.75, 3.05) is 0 Å². The number of nitrogens with one attached hydrogen (secondary N) is 1. The SMILES string of the molecule is Fc1ccc(-c2csc(CNC3CC3)n2)cc1Br. The Labute approximate surface area is 117 Å². The fraction of sp³-hybridized carbons (Fsp3) is 0.308. The van der Waals surface area contributed by atoms with Gasteiger partial charge in [0, 0.05) is 23.5 Å². The van der Waals surface area contributed by atoms with Crippen molar-refractivity contribution >= 4 is 27.3 Å². The summed E-state index contributed by atoms with van der Waals surface area (Å²) in [6.45, 7) is 0.831. The van der Waals surface area contributed by atoms with Gasteiger partial charge in [-0.25, -0.2) is 9.37 Å². The first kappa shape index (κ1) is 12.3. The van der Waals surface area contributed by atoms with Crippen LogP contribution in [0, 0.1) is 5.82 Å². The molecule has 0 saturated heterocycles. The summed E-state index contributed by atoms with van der Waals surface area (Å²) in [6, 6.07) is 5.67. The Bertz CT molecular complexity index is 566. The Balaban J connectivity index is 1.76. The molecule has 3 rings (SSSR count). The number of rotatable bonds is 4. The maximum Gasteiger partial charge on any atom is 0.137 e. The van der Waals surface area contributed by atoms with E-state index in [1.165, 1.54) is 18.9 Å². The molecule has 18 heavy (non-hydrogen) atoms. The fourth-order valence-corrected chi connectivity index (χ4v) is 2.83. The minimum Gasteiger partial charge on any atom is -0.308 e. The molecule has 1 N–H and O–H groups in total. The molecule has 0 aliphatic heterocycles. The molecule has 0 bridgehead atoms. The van der Waals surface area contributed by atoms with Crippen LogP contribution in [0.2, 0.25) is 0 Å². The standard InChI is InChI=1S/C13H12BrFN2S/c14-10-5-8(1-4-11(10)15)12-7-18-13(17-12)6-16-9-2-3-9/h1,4-5,7,9,16H,2-3,6H2. The molecule has 5 heteroatoms. The molecular formula is C13H12BrFN2S. The molecule has 1 fully saturated rings. The summed E-state index contributed by atoms with van der Waals surface area (Å²) < 4.78 is 13.6. The van der Waals surface area contributed by atoms with Crippen LogP contribution >= 0.6 is 27.3 Å². The molecular weight excluding hydrogens is 315 g/mol. The monoisotopic (exact) mass is 326 g/mol. The van der Waals surface area contributed by atoms with Crippen LogP contribution in [0.25, 0.3) is 11.3 Å². The van der Waals surface area contributed by atoms with E-state index in [9.17, 15) is 4.39 Å². The van der Waals surface area contributed by atoms with Gasteiger partial charge >= 0.3 is 0 Å². The number of halogens is 2. The van der Waals surface area contributed by atoms with Gasteiger partial charge < -0.3 is 5.32 Å². The van der Waals surface area contributed by atoms with E-state index in [4.69, 9.17) is 0 Å². The normalized spacial score (nSPS) is 15.0. The Hall–Kier alpha value is -0.780. The van der Waals surface area contributed by atoms with E-state index in [0.717, 1.165) is 22.8 Å². The molecule has 0 atom stereocenters. The van der Waals surface area contributed by atoms with Crippen molar-refractivity contribution in [2.24, 2.45) is 0 Å². The summed E-state index contributed by atoms with van der Waals surface area (Å²) in [4.78, 5) is 4.56. The zero-order valence-corrected chi connectivity index (χ0v) is 12.0. The van der Waals surface area contributed by atoms with E-state index in [2.05, 4.69) is 26.2 Å². The van der Waals surface area contributed by atoms with Gasteiger partial charge in [-0.2, -0.15) is 0 Å². The van der Waals surface area contributed by atoms with Crippen molar-refractivity contribution in [1.29, 1.82) is 0 Å². The molecule has 0 unspecified atom stereocenters. The third-order valence-corrected chi connectivity index (χ3v) is 4.34. The van der Waals surface area contributed by atoms with Crippen LogP contribution < -0.4 is 5.32 Å². The van der Waals surface area contributed by atoms with Crippen molar-refractivity contribution in [2.45, 2.75) is 25.4 Å². The van der Waals surface area contributed by atoms with Crippen LogP contribution in [0.3, 0.4) is 0 Å². The molecule has 1 heterocycles. The Kier molecular flexibility index (Phi) is 3.46. The van der Waals surface area contributed by atoms with Crippen LogP contribution in [-0.4, -0.2) is 11.0 Å². The van der Waals surface area contributed by atoms with E-state index in [1.54, 1.807) is 23.5 Å². The van der Waals surface area contributed by atoms with E-state index in [-0.39, 0.29) is 5.82 Å². The molecule has 1 aliphatic rings. The summed E-state index contributed by atoms with van der Waals surface area (Å²) in [5.41, 5.74) is 1.85. The molecule has 1 aliphatic carbocycles. The largest absolute Gasteiger partial charge is 0.308 e. The predicted octanol–water partition coefficient (Wildman–Crippen LogP) is 3.96. The van der Waals surface area contributed by atoms with Gasteiger partial charge in [-0.05, 0) is 47.0 Å². The first-order chi connectivity index (χ1) is 8.72. The van der Waals surface area contributed by atoms with Crippen LogP contribution in [0.15, 0.2) is 28.1 Å². The van der Waals surface area contributed by atoms with Gasteiger partial charge in [-0.15, -0.1) is 11.3 Å². The van der Waals surface area contributed by atoms with Gasteiger partial charge in [-0.3, -0.25) is 0 Å². The molecule has 2 aromatic rings. The van der Waals surface area contributed by atoms with E-state index in [1.807, 2.05) is 5.38 Å². The first-order valence-electron chi connectivity index (χ1n) is 5.85. The highest BCUT2D eigenvalue weighted by Gasteiger charge is 2.20. The summed E-state index contributed by atoms with van der Waals surface area (Å²) in [6.07, 6.45) is 2.56. The third-order valence-electron chi connectivity index (χ3n) is 2.89. The minimum atomic E-state index is -0.246. The van der Waals surface area contributed by atoms with Crippen molar-refractivity contribution in [3.05, 3.63) is 38.9 Å². The predicted molar refractivity (Wildman–Crippen MR) is 75.1 cm³/mol. The molecule has 2 nitrogen and oxygen atoms in total. The van der Waals surface area contributed by atoms with Crippen LogP contribution in [-0.2, 0) is 6.54 Å². The lowest BCUT2D eigenvalue weighted by Crippen LogP contribution is -2.14. The molecule has 0 radical (unpaired) electrons. The van der Waals surface area contributed by atoms with Crippen LogP contribution in [0.1, 0.15) is 17.8 Å². The smallest absolute Gasteiger partial charge is 0.137 e. The highest BCUT2D eigenvalue weighted by atomic mass is 79.9. The van der Waals surface area contributed by atoms with Gasteiger partial charge in [0.15, 0.2) is 0 Å². The van der Waals surface area contributed by atoms with Crippen molar-refractivity contribution in [3.63, 3.8) is 0 Å². The first-order valence-corrected chi connectivity index (χ1v) is 7.53. The number of hydrogen-bond donors (Lipinski definition) is 1. The maximum atomic E-state index is 13.2. The van der Waals surface area contributed by atoms with Gasteiger partial charge in [0.1, 0.15) is 10.8 Å². The summed E-state index contributed by atoms with van der Waals surface area (Å²) >= 11 is 4.84. The molecule has 0 spiro atoms. The van der Waals surface area contributed by atoms with Gasteiger partial charge in [-0.1, -0.05) is 0 Å². The average Bonchev–Trinajstić information content (AvgIpc) is 3.08.